The van der Waals surface area contributed by atoms with Crippen molar-refractivity contribution in [2.75, 3.05) is 31.1 Å². The van der Waals surface area contributed by atoms with Crippen molar-refractivity contribution in [3.05, 3.63) is 37.9 Å². The van der Waals surface area contributed by atoms with Gasteiger partial charge in [0.05, 0.1) is 21.5 Å². The summed E-state index contributed by atoms with van der Waals surface area (Å²) in [6.07, 6.45) is -2.69. The number of rotatable bonds is 6. The highest BCUT2D eigenvalue weighted by molar-refractivity contribution is 5.80. The number of benzene rings is 1. The van der Waals surface area contributed by atoms with Crippen molar-refractivity contribution < 1.29 is 32.5 Å². The predicted octanol–water partition coefficient (Wildman–Crippen LogP) is 3.03. The molecule has 3 rings (SSSR count). The molecule has 0 saturated carbocycles. The molecule has 0 bridgehead atoms. The molecule has 1 aromatic carbocycles. The number of ether oxygens (including phenoxy) is 1. The molecule has 13 heteroatoms. The number of carbonyl (C=O) groups is 1. The zero-order valence-electron chi connectivity index (χ0n) is 16.4. The lowest BCUT2D eigenvalue weighted by atomic mass is 9.95. The minimum Gasteiger partial charge on any atom is -0.376 e. The summed E-state index contributed by atoms with van der Waals surface area (Å²) in [5.41, 5.74) is -3.90. The Labute approximate surface area is 174 Å². The van der Waals surface area contributed by atoms with E-state index in [1.54, 1.807) is 0 Å². The second-order valence-corrected chi connectivity index (χ2v) is 7.52. The topological polar surface area (TPSA) is 128 Å². The molecule has 0 aliphatic carbocycles. The summed E-state index contributed by atoms with van der Waals surface area (Å²) in [5, 5.41) is 25.6. The van der Waals surface area contributed by atoms with Crippen LogP contribution in [0.2, 0.25) is 0 Å². The van der Waals surface area contributed by atoms with Crippen molar-refractivity contribution >= 4 is 23.0 Å². The van der Waals surface area contributed by atoms with E-state index < -0.39 is 44.6 Å². The molecule has 2 aliphatic rings. The van der Waals surface area contributed by atoms with Crippen molar-refractivity contribution in [1.29, 1.82) is 0 Å². The number of piperidine rings is 1. The Balaban J connectivity index is 1.76. The number of anilines is 1. The van der Waals surface area contributed by atoms with Gasteiger partial charge in [-0.15, -0.1) is 0 Å². The molecule has 1 aromatic rings. The average Bonchev–Trinajstić information content (AvgIpc) is 3.24. The van der Waals surface area contributed by atoms with E-state index in [0.29, 0.717) is 25.3 Å². The van der Waals surface area contributed by atoms with Crippen molar-refractivity contribution in [3.63, 3.8) is 0 Å². The molecule has 2 heterocycles. The highest BCUT2D eigenvalue weighted by atomic mass is 19.4. The third-order valence-electron chi connectivity index (χ3n) is 5.50. The standard InChI is InChI=1S/C18H21F3N4O6/c19-18(20,21)12-8-14(24(27)28)16(15(9-12)25(29)30)23-5-3-11(4-6-23)17(26)22-10-13-2-1-7-31-13/h8-9,11,13H,1-7,10H2,(H,22,26). The van der Waals surface area contributed by atoms with E-state index >= 15 is 0 Å². The molecule has 2 fully saturated rings. The number of carbonyl (C=O) groups excluding carboxylic acids is 1. The van der Waals surface area contributed by atoms with Crippen molar-refractivity contribution in [2.24, 2.45) is 5.92 Å². The smallest absolute Gasteiger partial charge is 0.376 e. The summed E-state index contributed by atoms with van der Waals surface area (Å²) in [6.45, 7) is 1.16. The Hall–Kier alpha value is -2.96. The van der Waals surface area contributed by atoms with Crippen LogP contribution >= 0.6 is 0 Å². The average molecular weight is 446 g/mol. The molecular weight excluding hydrogens is 425 g/mol. The van der Waals surface area contributed by atoms with E-state index in [1.165, 1.54) is 4.90 Å². The number of halogens is 3. The summed E-state index contributed by atoms with van der Waals surface area (Å²) in [6, 6.07) is 0.617. The number of nitrogens with zero attached hydrogens (tertiary/aromatic N) is 3. The van der Waals surface area contributed by atoms with Gasteiger partial charge in [-0.2, -0.15) is 13.2 Å². The molecule has 1 N–H and O–H groups in total. The zero-order valence-corrected chi connectivity index (χ0v) is 16.4. The number of amides is 1. The monoisotopic (exact) mass is 446 g/mol. The van der Waals surface area contributed by atoms with Crippen LogP contribution in [0.4, 0.5) is 30.2 Å². The fraction of sp³-hybridized carbons (Fsp3) is 0.611. The van der Waals surface area contributed by atoms with Crippen LogP contribution in [-0.2, 0) is 15.7 Å². The van der Waals surface area contributed by atoms with Crippen molar-refractivity contribution in [2.45, 2.75) is 38.0 Å². The van der Waals surface area contributed by atoms with Crippen LogP contribution in [0.5, 0.6) is 0 Å². The maximum atomic E-state index is 13.1. The van der Waals surface area contributed by atoms with Crippen LogP contribution in [0.3, 0.4) is 0 Å². The highest BCUT2D eigenvalue weighted by Crippen LogP contribution is 2.44. The second-order valence-electron chi connectivity index (χ2n) is 7.52. The van der Waals surface area contributed by atoms with E-state index in [4.69, 9.17) is 4.74 Å². The maximum Gasteiger partial charge on any atom is 0.416 e. The Morgan fingerprint density at radius 3 is 2.16 bits per heavy atom. The molecule has 1 atom stereocenters. The first kappa shape index (κ1) is 22.7. The van der Waals surface area contributed by atoms with E-state index in [9.17, 15) is 38.2 Å². The Bertz CT molecular complexity index is 829. The molecular formula is C18H21F3N4O6. The quantitative estimate of drug-likeness (QED) is 0.525. The van der Waals surface area contributed by atoms with E-state index in [0.717, 1.165) is 12.8 Å². The number of alkyl halides is 3. The van der Waals surface area contributed by atoms with Gasteiger partial charge in [-0.3, -0.25) is 25.0 Å². The van der Waals surface area contributed by atoms with Gasteiger partial charge in [0.25, 0.3) is 11.4 Å². The first-order chi connectivity index (χ1) is 14.6. The van der Waals surface area contributed by atoms with Gasteiger partial charge in [0.15, 0.2) is 5.69 Å². The van der Waals surface area contributed by atoms with Crippen LogP contribution in [0.1, 0.15) is 31.2 Å². The molecule has 1 unspecified atom stereocenters. The summed E-state index contributed by atoms with van der Waals surface area (Å²) < 4.78 is 44.6. The van der Waals surface area contributed by atoms with Crippen molar-refractivity contribution in [3.8, 4) is 0 Å². The number of nitrogens with one attached hydrogen (secondary N) is 1. The van der Waals surface area contributed by atoms with Gasteiger partial charge >= 0.3 is 6.18 Å². The SMILES string of the molecule is O=C(NCC1CCCO1)C1CCN(c2c([N+](=O)[O-])cc(C(F)(F)F)cc2[N+](=O)[O-])CC1. The third kappa shape index (κ3) is 5.21. The van der Waals surface area contributed by atoms with Crippen LogP contribution < -0.4 is 10.2 Å². The lowest BCUT2D eigenvalue weighted by molar-refractivity contribution is -0.393. The Morgan fingerprint density at radius 1 is 1.13 bits per heavy atom. The Morgan fingerprint density at radius 2 is 1.71 bits per heavy atom. The van der Waals surface area contributed by atoms with Crippen LogP contribution in [0.25, 0.3) is 0 Å². The van der Waals surface area contributed by atoms with Gasteiger partial charge in [-0.1, -0.05) is 0 Å². The largest absolute Gasteiger partial charge is 0.416 e. The van der Waals surface area contributed by atoms with Crippen molar-refractivity contribution in [1.82, 2.24) is 5.32 Å². The third-order valence-corrected chi connectivity index (χ3v) is 5.50. The first-order valence-electron chi connectivity index (χ1n) is 9.76. The second kappa shape index (κ2) is 9.04. The highest BCUT2D eigenvalue weighted by Gasteiger charge is 2.40. The van der Waals surface area contributed by atoms with E-state index in [2.05, 4.69) is 5.32 Å². The molecule has 0 radical (unpaired) electrons. The van der Waals surface area contributed by atoms with Crippen LogP contribution in [0, 0.1) is 26.1 Å². The molecule has 0 aromatic heterocycles. The maximum absolute atomic E-state index is 13.1. The fourth-order valence-corrected chi connectivity index (χ4v) is 3.90. The van der Waals surface area contributed by atoms with Gasteiger partial charge in [0.1, 0.15) is 0 Å². The van der Waals surface area contributed by atoms with Gasteiger partial charge in [0, 0.05) is 44.3 Å². The zero-order chi connectivity index (χ0) is 22.8. The van der Waals surface area contributed by atoms with Gasteiger partial charge in [0.2, 0.25) is 5.91 Å². The molecule has 10 nitrogen and oxygen atoms in total. The van der Waals surface area contributed by atoms with Gasteiger partial charge < -0.3 is 15.0 Å². The number of nitro benzene ring substituents is 2. The van der Waals surface area contributed by atoms with Crippen LogP contribution in [0.15, 0.2) is 12.1 Å². The lowest BCUT2D eigenvalue weighted by Crippen LogP contribution is -2.42. The molecule has 31 heavy (non-hydrogen) atoms. The molecule has 2 saturated heterocycles. The summed E-state index contributed by atoms with van der Waals surface area (Å²) in [7, 11) is 0. The number of nitro groups is 2. The minimum absolute atomic E-state index is 0.0264. The number of hydrogen-bond donors (Lipinski definition) is 1. The molecule has 170 valence electrons. The normalized spacial score (nSPS) is 20.0. The first-order valence-corrected chi connectivity index (χ1v) is 9.76. The minimum atomic E-state index is -4.97. The summed E-state index contributed by atoms with van der Waals surface area (Å²) in [5.74, 6) is -0.600. The summed E-state index contributed by atoms with van der Waals surface area (Å²) >= 11 is 0. The lowest BCUT2D eigenvalue weighted by Gasteiger charge is -2.32. The van der Waals surface area contributed by atoms with E-state index in [-0.39, 0.29) is 37.9 Å². The van der Waals surface area contributed by atoms with Gasteiger partial charge in [-0.25, -0.2) is 0 Å². The van der Waals surface area contributed by atoms with Crippen LogP contribution in [-0.4, -0.2) is 48.1 Å². The van der Waals surface area contributed by atoms with E-state index in [1.807, 2.05) is 0 Å². The Kier molecular flexibility index (Phi) is 6.62. The fourth-order valence-electron chi connectivity index (χ4n) is 3.90. The molecule has 1 amide bonds. The predicted molar refractivity (Wildman–Crippen MR) is 102 cm³/mol. The number of hydrogen-bond acceptors (Lipinski definition) is 7. The molecule has 2 aliphatic heterocycles. The summed E-state index contributed by atoms with van der Waals surface area (Å²) in [4.78, 5) is 34.4. The molecule has 0 spiro atoms. The van der Waals surface area contributed by atoms with Gasteiger partial charge in [-0.05, 0) is 25.7 Å².